The quantitative estimate of drug-likeness (QED) is 0.625. The minimum Gasteiger partial charge on any atom is -0.357 e. The second kappa shape index (κ2) is 9.16. The third-order valence-electron chi connectivity index (χ3n) is 4.33. The molecule has 2 heterocycles. The minimum atomic E-state index is 0.726. The molecule has 1 atom stereocenters. The van der Waals surface area contributed by atoms with Gasteiger partial charge >= 0.3 is 0 Å². The predicted molar refractivity (Wildman–Crippen MR) is 96.8 cm³/mol. The van der Waals surface area contributed by atoms with Crippen molar-refractivity contribution in [1.29, 1.82) is 0 Å². The molecule has 0 aromatic carbocycles. The molecule has 124 valence electrons. The molecule has 22 heavy (non-hydrogen) atoms. The number of piperidine rings is 1. The molecule has 2 rings (SSSR count). The van der Waals surface area contributed by atoms with Crippen LogP contribution in [0.5, 0.6) is 0 Å². The molecule has 1 aromatic rings. The second-order valence-corrected chi connectivity index (χ2v) is 7.03. The lowest BCUT2D eigenvalue weighted by Crippen LogP contribution is -2.45. The summed E-state index contributed by atoms with van der Waals surface area (Å²) in [5.41, 5.74) is 1.34. The number of likely N-dealkylation sites (tertiary alicyclic amines) is 1. The highest BCUT2D eigenvalue weighted by Crippen LogP contribution is 2.16. The molecule has 4 nitrogen and oxygen atoms in total. The van der Waals surface area contributed by atoms with E-state index in [1.54, 1.807) is 11.3 Å². The molecule has 2 N–H and O–H groups in total. The van der Waals surface area contributed by atoms with Crippen molar-refractivity contribution in [3.63, 3.8) is 0 Å². The zero-order chi connectivity index (χ0) is 15.8. The minimum absolute atomic E-state index is 0.726. The average Bonchev–Trinajstić information content (AvgIpc) is 2.92. The Hall–Kier alpha value is -1.07. The van der Waals surface area contributed by atoms with E-state index in [-0.39, 0.29) is 0 Å². The van der Waals surface area contributed by atoms with Gasteiger partial charge in [0.2, 0.25) is 0 Å². The molecule has 0 bridgehead atoms. The van der Waals surface area contributed by atoms with Crippen LogP contribution in [0, 0.1) is 6.92 Å². The van der Waals surface area contributed by atoms with Gasteiger partial charge in [0.1, 0.15) is 0 Å². The molecule has 0 aliphatic carbocycles. The Balaban J connectivity index is 1.79. The fraction of sp³-hybridized carbons (Fsp3) is 0.706. The third-order valence-corrected chi connectivity index (χ3v) is 5.33. The van der Waals surface area contributed by atoms with Gasteiger partial charge < -0.3 is 10.6 Å². The van der Waals surface area contributed by atoms with Gasteiger partial charge in [0, 0.05) is 30.6 Å². The fourth-order valence-corrected chi connectivity index (χ4v) is 3.70. The van der Waals surface area contributed by atoms with Crippen molar-refractivity contribution in [2.24, 2.45) is 4.99 Å². The van der Waals surface area contributed by atoms with E-state index in [0.717, 1.165) is 38.2 Å². The van der Waals surface area contributed by atoms with Crippen LogP contribution in [0.3, 0.4) is 0 Å². The first-order chi connectivity index (χ1) is 10.7. The van der Waals surface area contributed by atoms with Crippen LogP contribution in [-0.2, 0) is 6.54 Å². The molecule has 1 aliphatic rings. The van der Waals surface area contributed by atoms with Gasteiger partial charge in [-0.05, 0) is 57.2 Å². The number of nitrogens with one attached hydrogen (secondary N) is 2. The molecule has 1 aliphatic heterocycles. The van der Waals surface area contributed by atoms with E-state index in [1.165, 1.54) is 36.2 Å². The lowest BCUT2D eigenvalue weighted by Gasteiger charge is -2.33. The van der Waals surface area contributed by atoms with E-state index >= 15 is 0 Å². The van der Waals surface area contributed by atoms with E-state index in [0.29, 0.717) is 0 Å². The number of nitrogens with zero attached hydrogens (tertiary/aromatic N) is 2. The molecular weight excluding hydrogens is 292 g/mol. The number of hydrogen-bond acceptors (Lipinski definition) is 3. The van der Waals surface area contributed by atoms with Crippen molar-refractivity contribution < 1.29 is 0 Å². The Labute approximate surface area is 139 Å². The van der Waals surface area contributed by atoms with Gasteiger partial charge in [0.15, 0.2) is 5.96 Å². The molecule has 5 heteroatoms. The maximum Gasteiger partial charge on any atom is 0.191 e. The average molecular weight is 323 g/mol. The Morgan fingerprint density at radius 2 is 2.27 bits per heavy atom. The number of hydrogen-bond donors (Lipinski definition) is 2. The molecule has 0 spiro atoms. The van der Waals surface area contributed by atoms with Gasteiger partial charge in [-0.3, -0.25) is 4.90 Å². The molecule has 0 amide bonds. The summed E-state index contributed by atoms with van der Waals surface area (Å²) in [6.07, 6.45) is 4.07. The van der Waals surface area contributed by atoms with Gasteiger partial charge in [0.25, 0.3) is 0 Å². The highest BCUT2D eigenvalue weighted by Gasteiger charge is 2.17. The number of guanidine groups is 1. The van der Waals surface area contributed by atoms with E-state index in [9.17, 15) is 0 Å². The summed E-state index contributed by atoms with van der Waals surface area (Å²) in [4.78, 5) is 8.64. The molecule has 1 unspecified atom stereocenters. The van der Waals surface area contributed by atoms with E-state index in [4.69, 9.17) is 4.99 Å². The van der Waals surface area contributed by atoms with Gasteiger partial charge in [-0.15, -0.1) is 11.3 Å². The van der Waals surface area contributed by atoms with E-state index in [1.807, 2.05) is 0 Å². The van der Waals surface area contributed by atoms with Crippen molar-refractivity contribution in [1.82, 2.24) is 15.5 Å². The van der Waals surface area contributed by atoms with Gasteiger partial charge in [-0.25, -0.2) is 4.99 Å². The Morgan fingerprint density at radius 3 is 2.95 bits per heavy atom. The molecule has 0 saturated carbocycles. The first kappa shape index (κ1) is 17.3. The summed E-state index contributed by atoms with van der Waals surface area (Å²) in [5, 5.41) is 8.95. The van der Waals surface area contributed by atoms with E-state index in [2.05, 4.69) is 47.8 Å². The SMILES string of the molecule is CCNC(=NCc1sccc1C)NCCN1CCCCC1C. The van der Waals surface area contributed by atoms with Crippen molar-refractivity contribution in [2.75, 3.05) is 26.2 Å². The molecule has 1 aromatic heterocycles. The summed E-state index contributed by atoms with van der Waals surface area (Å²) in [6, 6.07) is 2.89. The zero-order valence-electron chi connectivity index (χ0n) is 14.2. The van der Waals surface area contributed by atoms with Gasteiger partial charge in [-0.1, -0.05) is 6.42 Å². The van der Waals surface area contributed by atoms with Crippen LogP contribution in [0.1, 0.15) is 43.6 Å². The first-order valence-electron chi connectivity index (χ1n) is 8.50. The zero-order valence-corrected chi connectivity index (χ0v) is 15.0. The molecule has 1 fully saturated rings. The van der Waals surface area contributed by atoms with Crippen LogP contribution in [0.4, 0.5) is 0 Å². The molecule has 0 radical (unpaired) electrons. The maximum absolute atomic E-state index is 4.70. The summed E-state index contributed by atoms with van der Waals surface area (Å²) in [5.74, 6) is 0.931. The topological polar surface area (TPSA) is 39.7 Å². The van der Waals surface area contributed by atoms with Crippen molar-refractivity contribution >= 4 is 17.3 Å². The van der Waals surface area contributed by atoms with Crippen LogP contribution in [0.2, 0.25) is 0 Å². The highest BCUT2D eigenvalue weighted by molar-refractivity contribution is 7.10. The molecular formula is C17H30N4S. The number of aliphatic imine (C=N–C) groups is 1. The summed E-state index contributed by atoms with van der Waals surface area (Å²) >= 11 is 1.79. The summed E-state index contributed by atoms with van der Waals surface area (Å²) < 4.78 is 0. The van der Waals surface area contributed by atoms with Gasteiger partial charge in [0.05, 0.1) is 6.54 Å². The van der Waals surface area contributed by atoms with Crippen molar-refractivity contribution in [3.8, 4) is 0 Å². The Kier molecular flexibility index (Phi) is 7.19. The number of rotatable bonds is 6. The fourth-order valence-electron chi connectivity index (χ4n) is 2.87. The van der Waals surface area contributed by atoms with Crippen LogP contribution < -0.4 is 10.6 Å². The lowest BCUT2D eigenvalue weighted by atomic mass is 10.0. The van der Waals surface area contributed by atoms with E-state index < -0.39 is 0 Å². The highest BCUT2D eigenvalue weighted by atomic mass is 32.1. The van der Waals surface area contributed by atoms with Crippen LogP contribution in [0.25, 0.3) is 0 Å². The monoisotopic (exact) mass is 322 g/mol. The molecule has 1 saturated heterocycles. The van der Waals surface area contributed by atoms with Crippen molar-refractivity contribution in [2.45, 2.75) is 52.6 Å². The lowest BCUT2D eigenvalue weighted by molar-refractivity contribution is 0.163. The second-order valence-electron chi connectivity index (χ2n) is 6.03. The Morgan fingerprint density at radius 1 is 1.41 bits per heavy atom. The van der Waals surface area contributed by atoms with Crippen LogP contribution in [0.15, 0.2) is 16.4 Å². The number of thiophene rings is 1. The largest absolute Gasteiger partial charge is 0.357 e. The third kappa shape index (κ3) is 5.29. The normalized spacial score (nSPS) is 20.1. The smallest absolute Gasteiger partial charge is 0.191 e. The maximum atomic E-state index is 4.70. The number of aryl methyl sites for hydroxylation is 1. The van der Waals surface area contributed by atoms with Crippen LogP contribution in [-0.4, -0.2) is 43.1 Å². The van der Waals surface area contributed by atoms with Gasteiger partial charge in [-0.2, -0.15) is 0 Å². The standard InChI is InChI=1S/C17H30N4S/c1-4-18-17(20-13-16-14(2)8-12-22-16)19-9-11-21-10-6-5-7-15(21)3/h8,12,15H,4-7,9-11,13H2,1-3H3,(H2,18,19,20). The van der Waals surface area contributed by atoms with Crippen LogP contribution >= 0.6 is 11.3 Å². The first-order valence-corrected chi connectivity index (χ1v) is 9.38. The Bertz CT molecular complexity index is 469. The predicted octanol–water partition coefficient (Wildman–Crippen LogP) is 2.99. The van der Waals surface area contributed by atoms with Crippen molar-refractivity contribution in [3.05, 3.63) is 21.9 Å². The summed E-state index contributed by atoms with van der Waals surface area (Å²) in [6.45, 7) is 11.6. The summed E-state index contributed by atoms with van der Waals surface area (Å²) in [7, 11) is 0.